The van der Waals surface area contributed by atoms with Crippen molar-refractivity contribution >= 4 is 5.97 Å². The third-order valence-corrected chi connectivity index (χ3v) is 15.5. The van der Waals surface area contributed by atoms with Crippen LogP contribution in [0.5, 0.6) is 0 Å². The molecule has 6 heteroatoms. The minimum atomic E-state index is 0.0920. The predicted octanol–water partition coefficient (Wildman–Crippen LogP) is 8.78. The van der Waals surface area contributed by atoms with Gasteiger partial charge in [0.25, 0.3) is 0 Å². The number of esters is 1. The quantitative estimate of drug-likeness (QED) is 0.0880. The maximum atomic E-state index is 12.9. The van der Waals surface area contributed by atoms with E-state index in [2.05, 4.69) is 36.7 Å². The molecule has 5 aliphatic carbocycles. The summed E-state index contributed by atoms with van der Waals surface area (Å²) in [5, 5.41) is 10.5. The van der Waals surface area contributed by atoms with Crippen molar-refractivity contribution in [2.45, 2.75) is 155 Å². The van der Waals surface area contributed by atoms with Crippen LogP contribution in [0.4, 0.5) is 0 Å². The fourth-order valence-corrected chi connectivity index (χ4v) is 12.6. The first-order valence-electron chi connectivity index (χ1n) is 21.6. The Balaban J connectivity index is 1.03. The molecule has 5 saturated carbocycles. The smallest absolute Gasteiger partial charge is 0.308 e. The molecule has 3 N–H and O–H groups in total. The fourth-order valence-electron chi connectivity index (χ4n) is 12.6. The zero-order chi connectivity index (χ0) is 34.7. The maximum absolute atomic E-state index is 12.9. The average Bonchev–Trinajstić information content (AvgIpc) is 3.48. The fraction of sp³-hybridized carbons (Fsp3) is 0.977. The minimum absolute atomic E-state index is 0.0920. The van der Waals surface area contributed by atoms with Crippen LogP contribution in [-0.4, -0.2) is 65.6 Å². The topological polar surface area (TPSA) is 71.6 Å². The molecule has 10 atom stereocenters. The molecule has 6 unspecified atom stereocenters. The van der Waals surface area contributed by atoms with Crippen LogP contribution in [0.15, 0.2) is 0 Å². The third kappa shape index (κ3) is 9.85. The minimum Gasteiger partial charge on any atom is -0.465 e. The molecule has 6 nitrogen and oxygen atoms in total. The molecular weight excluding hydrogens is 606 g/mol. The number of carbonyl (C=O) groups excluding carboxylic acids is 1. The molecule has 0 aromatic rings. The lowest BCUT2D eigenvalue weighted by Crippen LogP contribution is -2.58. The lowest BCUT2D eigenvalue weighted by molar-refractivity contribution is -0.179. The Morgan fingerprint density at radius 2 is 1.43 bits per heavy atom. The number of methoxy groups -OCH3 is 1. The van der Waals surface area contributed by atoms with Gasteiger partial charge in [-0.25, -0.2) is 0 Å². The van der Waals surface area contributed by atoms with Gasteiger partial charge in [0.2, 0.25) is 0 Å². The number of ether oxygens (including phenoxy) is 2. The predicted molar refractivity (Wildman–Crippen MR) is 204 cm³/mol. The largest absolute Gasteiger partial charge is 0.465 e. The molecule has 5 rings (SSSR count). The highest BCUT2D eigenvalue weighted by atomic mass is 16.5. The number of hydrogen-bond acceptors (Lipinski definition) is 6. The monoisotopic (exact) mass is 686 g/mol. The van der Waals surface area contributed by atoms with E-state index < -0.39 is 0 Å². The van der Waals surface area contributed by atoms with Gasteiger partial charge in [-0.05, 0) is 182 Å². The van der Waals surface area contributed by atoms with E-state index in [-0.39, 0.29) is 11.9 Å². The molecule has 0 aromatic carbocycles. The number of unbranched alkanes of at least 4 members (excludes halogenated alkanes) is 3. The molecule has 0 radical (unpaired) electrons. The molecule has 284 valence electrons. The Labute approximate surface area is 302 Å². The zero-order valence-electron chi connectivity index (χ0n) is 32.8. The lowest BCUT2D eigenvalue weighted by atomic mass is 9.43. The van der Waals surface area contributed by atoms with Crippen molar-refractivity contribution in [3.8, 4) is 0 Å². The van der Waals surface area contributed by atoms with E-state index in [1.165, 1.54) is 129 Å². The number of carbonyl (C=O) groups is 1. The van der Waals surface area contributed by atoms with E-state index in [0.29, 0.717) is 41.3 Å². The second-order valence-electron chi connectivity index (χ2n) is 18.3. The van der Waals surface area contributed by atoms with Crippen molar-refractivity contribution in [1.82, 2.24) is 16.0 Å². The maximum Gasteiger partial charge on any atom is 0.308 e. The highest BCUT2D eigenvalue weighted by molar-refractivity contribution is 5.72. The van der Waals surface area contributed by atoms with Crippen molar-refractivity contribution in [2.24, 2.45) is 58.2 Å². The number of fused-ring (bicyclic) bond motifs is 5. The van der Waals surface area contributed by atoms with Gasteiger partial charge in [0.05, 0.1) is 18.6 Å². The summed E-state index contributed by atoms with van der Waals surface area (Å²) >= 11 is 0. The normalized spacial score (nSPS) is 36.9. The highest BCUT2D eigenvalue weighted by Gasteiger charge is 2.63. The molecule has 0 heterocycles. The van der Waals surface area contributed by atoms with Gasteiger partial charge in [-0.3, -0.25) is 4.79 Å². The third-order valence-electron chi connectivity index (χ3n) is 15.5. The van der Waals surface area contributed by atoms with Crippen LogP contribution in [0.2, 0.25) is 0 Å². The van der Waals surface area contributed by atoms with Gasteiger partial charge in [0, 0.05) is 7.11 Å². The molecule has 0 spiro atoms. The molecule has 49 heavy (non-hydrogen) atoms. The number of rotatable bonds is 20. The van der Waals surface area contributed by atoms with Crippen LogP contribution in [0.25, 0.3) is 0 Å². The van der Waals surface area contributed by atoms with Gasteiger partial charge in [0.1, 0.15) is 0 Å². The van der Waals surface area contributed by atoms with Crippen LogP contribution in [0.1, 0.15) is 149 Å². The first kappa shape index (κ1) is 39.5. The number of hydrogen-bond donors (Lipinski definition) is 3. The van der Waals surface area contributed by atoms with Crippen molar-refractivity contribution < 1.29 is 14.3 Å². The van der Waals surface area contributed by atoms with Crippen molar-refractivity contribution in [3.05, 3.63) is 0 Å². The summed E-state index contributed by atoms with van der Waals surface area (Å²) in [6.45, 7) is 14.1. The van der Waals surface area contributed by atoms with Crippen LogP contribution in [0.3, 0.4) is 0 Å². The standard InChI is InChI=1S/C43H79N3O3/c1-32(31-49-41(47)34-16-9-6-10-17-34)36-18-19-37-40-38(21-23-43(36,37)3)42(2)22-20-33(29-35(42)30-39(40)48-5)15-8-7-11-25-45-26-12-13-27-46-28-14-24-44-4/h32-40,44-46H,6-31H2,1-5H3/t32-,33?,35?,36+,37?,38?,39?,40?,42-,43+/m0/s1. The van der Waals surface area contributed by atoms with Gasteiger partial charge in [-0.15, -0.1) is 0 Å². The highest BCUT2D eigenvalue weighted by Crippen LogP contribution is 2.69. The van der Waals surface area contributed by atoms with Crippen LogP contribution in [0, 0.1) is 58.2 Å². The van der Waals surface area contributed by atoms with E-state index in [1.807, 2.05) is 14.2 Å². The van der Waals surface area contributed by atoms with Crippen molar-refractivity contribution in [2.75, 3.05) is 53.5 Å². The summed E-state index contributed by atoms with van der Waals surface area (Å²) in [5.74, 6) is 5.38. The molecule has 0 bridgehead atoms. The summed E-state index contributed by atoms with van der Waals surface area (Å²) in [5.41, 5.74) is 0.843. The first-order valence-corrected chi connectivity index (χ1v) is 21.6. The summed E-state index contributed by atoms with van der Waals surface area (Å²) in [7, 11) is 4.05. The van der Waals surface area contributed by atoms with Gasteiger partial charge in [-0.2, -0.15) is 0 Å². The molecule has 0 saturated heterocycles. The lowest BCUT2D eigenvalue weighted by Gasteiger charge is -2.63. The zero-order valence-corrected chi connectivity index (χ0v) is 32.8. The Morgan fingerprint density at radius 1 is 0.755 bits per heavy atom. The van der Waals surface area contributed by atoms with E-state index in [9.17, 15) is 4.79 Å². The summed E-state index contributed by atoms with van der Waals surface area (Å²) in [6, 6.07) is 0. The van der Waals surface area contributed by atoms with E-state index >= 15 is 0 Å². The van der Waals surface area contributed by atoms with E-state index in [4.69, 9.17) is 9.47 Å². The van der Waals surface area contributed by atoms with Gasteiger partial charge < -0.3 is 25.4 Å². The summed E-state index contributed by atoms with van der Waals surface area (Å²) < 4.78 is 12.5. The van der Waals surface area contributed by atoms with Crippen molar-refractivity contribution in [1.29, 1.82) is 0 Å². The number of nitrogens with one attached hydrogen (secondary N) is 3. The second-order valence-corrected chi connectivity index (χ2v) is 18.3. The Bertz CT molecular complexity index is 972. The van der Waals surface area contributed by atoms with Crippen LogP contribution in [-0.2, 0) is 14.3 Å². The van der Waals surface area contributed by atoms with Crippen LogP contribution < -0.4 is 16.0 Å². The van der Waals surface area contributed by atoms with Gasteiger partial charge in [-0.1, -0.05) is 59.3 Å². The Hall–Kier alpha value is -0.690. The van der Waals surface area contributed by atoms with Gasteiger partial charge in [0.15, 0.2) is 0 Å². The molecular formula is C43H79N3O3. The summed E-state index contributed by atoms with van der Waals surface area (Å²) in [4.78, 5) is 12.9. The van der Waals surface area contributed by atoms with Crippen molar-refractivity contribution in [3.63, 3.8) is 0 Å². The van der Waals surface area contributed by atoms with Crippen LogP contribution >= 0.6 is 0 Å². The molecule has 0 amide bonds. The molecule has 0 aromatic heterocycles. The first-order chi connectivity index (χ1) is 23.8. The Kier molecular flexibility index (Phi) is 15.6. The Morgan fingerprint density at radius 3 is 2.14 bits per heavy atom. The van der Waals surface area contributed by atoms with E-state index in [0.717, 1.165) is 56.1 Å². The SMILES string of the molecule is CNCCCNCCCCNCCCCCC1CC[C@@]2(C)C(C1)CC(OC)C1C2CC[C@@]2(C)C1CC[C@@H]2[C@@H](C)COC(=O)C1CCCCC1. The second kappa shape index (κ2) is 19.4. The summed E-state index contributed by atoms with van der Waals surface area (Å²) in [6.07, 6.45) is 26.5. The average molecular weight is 686 g/mol. The van der Waals surface area contributed by atoms with E-state index in [1.54, 1.807) is 0 Å². The molecule has 5 fully saturated rings. The molecule has 5 aliphatic rings. The molecule has 0 aliphatic heterocycles. The van der Waals surface area contributed by atoms with Gasteiger partial charge >= 0.3 is 5.97 Å².